The fourth-order valence-electron chi connectivity index (χ4n) is 2.76. The topological polar surface area (TPSA) is 50.9 Å². The molecule has 3 rings (SSSR count). The lowest BCUT2D eigenvalue weighted by molar-refractivity contribution is 0.0980. The molecule has 4 nitrogen and oxygen atoms in total. The van der Waals surface area contributed by atoms with Crippen molar-refractivity contribution in [3.63, 3.8) is 0 Å². The van der Waals surface area contributed by atoms with Crippen molar-refractivity contribution >= 4 is 0 Å². The van der Waals surface area contributed by atoms with Crippen LogP contribution in [-0.4, -0.2) is 26.2 Å². The Morgan fingerprint density at radius 2 is 1.84 bits per heavy atom. The van der Waals surface area contributed by atoms with Gasteiger partial charge in [-0.15, -0.1) is 5.10 Å². The molecule has 0 unspecified atom stereocenters. The van der Waals surface area contributed by atoms with Crippen molar-refractivity contribution in [3.8, 4) is 11.3 Å². The van der Waals surface area contributed by atoms with Crippen LogP contribution in [0.15, 0.2) is 36.5 Å². The summed E-state index contributed by atoms with van der Waals surface area (Å²) in [5.74, 6) is 0. The van der Waals surface area contributed by atoms with Crippen molar-refractivity contribution in [1.82, 2.24) is 15.0 Å². The number of aliphatic hydroxyl groups excluding tert-OH is 1. The first kappa shape index (κ1) is 12.4. The van der Waals surface area contributed by atoms with Gasteiger partial charge < -0.3 is 5.11 Å². The predicted molar refractivity (Wildman–Crippen MR) is 73.6 cm³/mol. The van der Waals surface area contributed by atoms with Gasteiger partial charge in [-0.1, -0.05) is 54.8 Å². The summed E-state index contributed by atoms with van der Waals surface area (Å²) < 4.78 is 1.85. The van der Waals surface area contributed by atoms with Crippen LogP contribution in [-0.2, 0) is 0 Å². The van der Waals surface area contributed by atoms with E-state index in [1.165, 1.54) is 6.42 Å². The van der Waals surface area contributed by atoms with E-state index in [2.05, 4.69) is 10.3 Å². The maximum Gasteiger partial charge on any atom is 0.113 e. The molecule has 1 N–H and O–H groups in total. The standard InChI is InChI=1S/C15H19N3O/c19-15-10-6-2-5-9-14(15)18-11-13(16-17-18)12-7-3-1-4-8-12/h1,3-4,7-8,11,14-15,19H,2,5-6,9-10H2/t14-,15+/m1/s1. The van der Waals surface area contributed by atoms with E-state index in [4.69, 9.17) is 0 Å². The van der Waals surface area contributed by atoms with Gasteiger partial charge in [-0.2, -0.15) is 0 Å². The normalized spacial score (nSPS) is 24.1. The van der Waals surface area contributed by atoms with E-state index in [1.54, 1.807) is 0 Å². The van der Waals surface area contributed by atoms with E-state index in [-0.39, 0.29) is 12.1 Å². The van der Waals surface area contributed by atoms with Crippen molar-refractivity contribution in [3.05, 3.63) is 36.5 Å². The Balaban J connectivity index is 1.84. The van der Waals surface area contributed by atoms with Gasteiger partial charge in [0.15, 0.2) is 0 Å². The molecule has 1 aliphatic rings. The average Bonchev–Trinajstić information content (AvgIpc) is 2.83. The van der Waals surface area contributed by atoms with Crippen LogP contribution >= 0.6 is 0 Å². The summed E-state index contributed by atoms with van der Waals surface area (Å²) in [5.41, 5.74) is 1.94. The van der Waals surface area contributed by atoms with Crippen molar-refractivity contribution in [2.45, 2.75) is 44.2 Å². The lowest BCUT2D eigenvalue weighted by Crippen LogP contribution is -2.23. The molecular formula is C15H19N3O. The molecule has 1 aliphatic carbocycles. The second kappa shape index (κ2) is 5.53. The Bertz CT molecular complexity index is 523. The second-order valence-corrected chi connectivity index (χ2v) is 5.22. The van der Waals surface area contributed by atoms with Gasteiger partial charge in [0, 0.05) is 5.56 Å². The molecule has 4 heteroatoms. The van der Waals surface area contributed by atoms with E-state index in [0.717, 1.165) is 36.9 Å². The SMILES string of the molecule is O[C@H]1CCCCC[C@H]1n1cc(-c2ccccc2)nn1. The summed E-state index contributed by atoms with van der Waals surface area (Å²) in [6, 6.07) is 10.1. The Kier molecular flexibility index (Phi) is 3.60. The summed E-state index contributed by atoms with van der Waals surface area (Å²) in [5, 5.41) is 18.6. The van der Waals surface area contributed by atoms with Gasteiger partial charge in [0.25, 0.3) is 0 Å². The highest BCUT2D eigenvalue weighted by molar-refractivity contribution is 5.57. The third kappa shape index (κ3) is 2.68. The molecular weight excluding hydrogens is 238 g/mol. The number of hydrogen-bond donors (Lipinski definition) is 1. The third-order valence-electron chi connectivity index (χ3n) is 3.86. The molecule has 0 amide bonds. The second-order valence-electron chi connectivity index (χ2n) is 5.22. The van der Waals surface area contributed by atoms with Crippen LogP contribution in [0.3, 0.4) is 0 Å². The van der Waals surface area contributed by atoms with Gasteiger partial charge in [-0.25, -0.2) is 4.68 Å². The lowest BCUT2D eigenvalue weighted by Gasteiger charge is -2.19. The lowest BCUT2D eigenvalue weighted by atomic mass is 10.1. The largest absolute Gasteiger partial charge is 0.391 e. The maximum atomic E-state index is 10.2. The molecule has 1 heterocycles. The molecule has 0 saturated heterocycles. The molecule has 2 aromatic rings. The quantitative estimate of drug-likeness (QED) is 0.842. The number of aromatic nitrogens is 3. The fraction of sp³-hybridized carbons (Fsp3) is 0.467. The molecule has 0 radical (unpaired) electrons. The minimum Gasteiger partial charge on any atom is -0.391 e. The van der Waals surface area contributed by atoms with Crippen molar-refractivity contribution in [2.75, 3.05) is 0 Å². The van der Waals surface area contributed by atoms with E-state index in [0.29, 0.717) is 0 Å². The van der Waals surface area contributed by atoms with Crippen molar-refractivity contribution < 1.29 is 5.11 Å². The molecule has 1 saturated carbocycles. The Hall–Kier alpha value is -1.68. The predicted octanol–water partition coefficient (Wildman–Crippen LogP) is 2.81. The number of rotatable bonds is 2. The number of hydrogen-bond acceptors (Lipinski definition) is 3. The van der Waals surface area contributed by atoms with Crippen LogP contribution < -0.4 is 0 Å². The van der Waals surface area contributed by atoms with Crippen molar-refractivity contribution in [2.24, 2.45) is 0 Å². The molecule has 19 heavy (non-hydrogen) atoms. The van der Waals surface area contributed by atoms with Crippen LogP contribution in [0, 0.1) is 0 Å². The van der Waals surface area contributed by atoms with E-state index in [1.807, 2.05) is 41.2 Å². The number of aliphatic hydroxyl groups is 1. The molecule has 0 bridgehead atoms. The summed E-state index contributed by atoms with van der Waals surface area (Å²) in [6.07, 6.45) is 6.97. The van der Waals surface area contributed by atoms with Crippen LogP contribution in [0.5, 0.6) is 0 Å². The Labute approximate surface area is 113 Å². The monoisotopic (exact) mass is 257 g/mol. The van der Waals surface area contributed by atoms with Gasteiger partial charge in [0.1, 0.15) is 5.69 Å². The maximum absolute atomic E-state index is 10.2. The van der Waals surface area contributed by atoms with Crippen LogP contribution in [0.2, 0.25) is 0 Å². The molecule has 0 aliphatic heterocycles. The average molecular weight is 257 g/mol. The highest BCUT2D eigenvalue weighted by Gasteiger charge is 2.24. The fourth-order valence-corrected chi connectivity index (χ4v) is 2.76. The third-order valence-corrected chi connectivity index (χ3v) is 3.86. The van der Waals surface area contributed by atoms with E-state index >= 15 is 0 Å². The number of nitrogens with zero attached hydrogens (tertiary/aromatic N) is 3. The van der Waals surface area contributed by atoms with Crippen LogP contribution in [0.4, 0.5) is 0 Å². The number of benzene rings is 1. The molecule has 1 aromatic carbocycles. The molecule has 1 fully saturated rings. The zero-order valence-electron chi connectivity index (χ0n) is 10.9. The van der Waals surface area contributed by atoms with Gasteiger partial charge in [-0.05, 0) is 12.8 Å². The summed E-state index contributed by atoms with van der Waals surface area (Å²) in [6.45, 7) is 0. The minimum atomic E-state index is -0.298. The molecule has 1 aromatic heterocycles. The first-order valence-electron chi connectivity index (χ1n) is 7.00. The van der Waals surface area contributed by atoms with Crippen LogP contribution in [0.1, 0.15) is 38.1 Å². The molecule has 100 valence electrons. The molecule has 0 spiro atoms. The van der Waals surface area contributed by atoms with Gasteiger partial charge in [0.2, 0.25) is 0 Å². The summed E-state index contributed by atoms with van der Waals surface area (Å²) in [7, 11) is 0. The minimum absolute atomic E-state index is 0.0764. The first-order chi connectivity index (χ1) is 9.34. The highest BCUT2D eigenvalue weighted by atomic mass is 16.3. The van der Waals surface area contributed by atoms with E-state index in [9.17, 15) is 5.11 Å². The first-order valence-corrected chi connectivity index (χ1v) is 7.00. The highest BCUT2D eigenvalue weighted by Crippen LogP contribution is 2.28. The van der Waals surface area contributed by atoms with Gasteiger partial charge in [-0.3, -0.25) is 0 Å². The van der Waals surface area contributed by atoms with Crippen LogP contribution in [0.25, 0.3) is 11.3 Å². The van der Waals surface area contributed by atoms with Crippen molar-refractivity contribution in [1.29, 1.82) is 0 Å². The zero-order chi connectivity index (χ0) is 13.1. The Morgan fingerprint density at radius 1 is 1.05 bits per heavy atom. The van der Waals surface area contributed by atoms with Gasteiger partial charge >= 0.3 is 0 Å². The molecule has 2 atom stereocenters. The zero-order valence-corrected chi connectivity index (χ0v) is 10.9. The van der Waals surface area contributed by atoms with E-state index < -0.39 is 0 Å². The smallest absolute Gasteiger partial charge is 0.113 e. The summed E-state index contributed by atoms with van der Waals surface area (Å²) >= 11 is 0. The van der Waals surface area contributed by atoms with Gasteiger partial charge in [0.05, 0.1) is 18.3 Å². The Morgan fingerprint density at radius 3 is 2.68 bits per heavy atom. The summed E-state index contributed by atoms with van der Waals surface area (Å²) in [4.78, 5) is 0.